The molecular formula is C14H19ClO. The van der Waals surface area contributed by atoms with Crippen LogP contribution in [-0.2, 0) is 0 Å². The molecule has 2 heteroatoms. The number of halogens is 1. The highest BCUT2D eigenvalue weighted by molar-refractivity contribution is 6.30. The molecule has 88 valence electrons. The van der Waals surface area contributed by atoms with Crippen molar-refractivity contribution in [2.24, 2.45) is 5.92 Å². The van der Waals surface area contributed by atoms with Gasteiger partial charge < -0.3 is 5.11 Å². The van der Waals surface area contributed by atoms with Crippen LogP contribution < -0.4 is 0 Å². The predicted octanol–water partition coefficient (Wildman–Crippen LogP) is 4.15. The molecule has 0 bridgehead atoms. The van der Waals surface area contributed by atoms with E-state index in [0.717, 1.165) is 24.3 Å². The molecule has 0 heterocycles. The second-order valence-corrected chi connectivity index (χ2v) is 4.38. The summed E-state index contributed by atoms with van der Waals surface area (Å²) in [5.41, 5.74) is 1.17. The fourth-order valence-corrected chi connectivity index (χ4v) is 1.74. The normalized spacial score (nSPS) is 13.2. The van der Waals surface area contributed by atoms with Gasteiger partial charge >= 0.3 is 0 Å². The van der Waals surface area contributed by atoms with Gasteiger partial charge in [-0.15, -0.1) is 0 Å². The standard InChI is InChI=1S/C14H19ClO/c1-2-12(4-3-11-16)5-6-13-7-9-14(15)10-8-13/h5-10,12,16H,2-4,11H2,1H3/b6-5+. The van der Waals surface area contributed by atoms with E-state index in [-0.39, 0.29) is 6.61 Å². The van der Waals surface area contributed by atoms with Crippen molar-refractivity contribution in [3.05, 3.63) is 40.9 Å². The predicted molar refractivity (Wildman–Crippen MR) is 70.6 cm³/mol. The van der Waals surface area contributed by atoms with E-state index in [1.165, 1.54) is 5.56 Å². The zero-order chi connectivity index (χ0) is 11.8. The van der Waals surface area contributed by atoms with Gasteiger partial charge in [0, 0.05) is 11.6 Å². The maximum atomic E-state index is 8.79. The minimum Gasteiger partial charge on any atom is -0.396 e. The summed E-state index contributed by atoms with van der Waals surface area (Å²) in [7, 11) is 0. The van der Waals surface area contributed by atoms with Crippen molar-refractivity contribution in [3.63, 3.8) is 0 Å². The molecule has 1 aromatic carbocycles. The lowest BCUT2D eigenvalue weighted by atomic mass is 9.99. The topological polar surface area (TPSA) is 20.2 Å². The molecule has 1 unspecified atom stereocenters. The van der Waals surface area contributed by atoms with Crippen LogP contribution in [0.2, 0.25) is 5.02 Å². The van der Waals surface area contributed by atoms with E-state index in [0.29, 0.717) is 5.92 Å². The second kappa shape index (κ2) is 7.48. The van der Waals surface area contributed by atoms with Gasteiger partial charge in [-0.05, 0) is 42.9 Å². The third kappa shape index (κ3) is 4.82. The minimum atomic E-state index is 0.283. The Morgan fingerprint density at radius 2 is 2.00 bits per heavy atom. The van der Waals surface area contributed by atoms with Crippen LogP contribution in [-0.4, -0.2) is 11.7 Å². The molecule has 0 aliphatic rings. The van der Waals surface area contributed by atoms with E-state index in [9.17, 15) is 0 Å². The van der Waals surface area contributed by atoms with Crippen molar-refractivity contribution in [2.75, 3.05) is 6.61 Å². The van der Waals surface area contributed by atoms with Crippen LogP contribution in [0.25, 0.3) is 6.08 Å². The fraction of sp³-hybridized carbons (Fsp3) is 0.429. The number of benzene rings is 1. The van der Waals surface area contributed by atoms with E-state index < -0.39 is 0 Å². The second-order valence-electron chi connectivity index (χ2n) is 3.94. The van der Waals surface area contributed by atoms with E-state index in [1.54, 1.807) is 0 Å². The Hall–Kier alpha value is -0.790. The van der Waals surface area contributed by atoms with E-state index in [2.05, 4.69) is 19.1 Å². The van der Waals surface area contributed by atoms with Crippen molar-refractivity contribution < 1.29 is 5.11 Å². The van der Waals surface area contributed by atoms with E-state index in [4.69, 9.17) is 16.7 Å². The van der Waals surface area contributed by atoms with Crippen LogP contribution in [0.4, 0.5) is 0 Å². The molecule has 0 radical (unpaired) electrons. The molecule has 0 saturated heterocycles. The van der Waals surface area contributed by atoms with Crippen molar-refractivity contribution in [2.45, 2.75) is 26.2 Å². The first-order chi connectivity index (χ1) is 7.76. The zero-order valence-corrected chi connectivity index (χ0v) is 10.5. The highest BCUT2D eigenvalue weighted by Crippen LogP contribution is 2.16. The lowest BCUT2D eigenvalue weighted by Crippen LogP contribution is -1.96. The fourth-order valence-electron chi connectivity index (χ4n) is 1.61. The van der Waals surface area contributed by atoms with Crippen LogP contribution in [0.1, 0.15) is 31.7 Å². The summed E-state index contributed by atoms with van der Waals surface area (Å²) in [6.45, 7) is 2.46. The Bertz CT molecular complexity index is 316. The van der Waals surface area contributed by atoms with Crippen LogP contribution >= 0.6 is 11.6 Å². The smallest absolute Gasteiger partial charge is 0.0431 e. The summed E-state index contributed by atoms with van der Waals surface area (Å²) in [6.07, 6.45) is 7.39. The Kier molecular flexibility index (Phi) is 6.20. The molecule has 0 aliphatic heterocycles. The van der Waals surface area contributed by atoms with Crippen LogP contribution in [0, 0.1) is 5.92 Å². The summed E-state index contributed by atoms with van der Waals surface area (Å²) < 4.78 is 0. The molecule has 1 aromatic rings. The van der Waals surface area contributed by atoms with Gasteiger partial charge in [-0.3, -0.25) is 0 Å². The van der Waals surface area contributed by atoms with Gasteiger partial charge in [0.2, 0.25) is 0 Å². The van der Waals surface area contributed by atoms with Crippen molar-refractivity contribution in [1.82, 2.24) is 0 Å². The number of hydrogen-bond donors (Lipinski definition) is 1. The average molecular weight is 239 g/mol. The largest absolute Gasteiger partial charge is 0.396 e. The highest BCUT2D eigenvalue weighted by atomic mass is 35.5. The maximum absolute atomic E-state index is 8.79. The SMILES string of the molecule is CCC(/C=C/c1ccc(Cl)cc1)CCCO. The summed E-state index contributed by atoms with van der Waals surface area (Å²) in [5, 5.41) is 9.56. The molecule has 16 heavy (non-hydrogen) atoms. The Morgan fingerprint density at radius 1 is 1.31 bits per heavy atom. The average Bonchev–Trinajstić information content (AvgIpc) is 2.32. The lowest BCUT2D eigenvalue weighted by Gasteiger charge is -2.08. The number of hydrogen-bond acceptors (Lipinski definition) is 1. The van der Waals surface area contributed by atoms with Crippen LogP contribution in [0.5, 0.6) is 0 Å². The quantitative estimate of drug-likeness (QED) is 0.789. The molecule has 0 aliphatic carbocycles. The van der Waals surface area contributed by atoms with E-state index in [1.807, 2.05) is 24.3 Å². The van der Waals surface area contributed by atoms with Gasteiger partial charge in [0.05, 0.1) is 0 Å². The number of aliphatic hydroxyl groups excluding tert-OH is 1. The monoisotopic (exact) mass is 238 g/mol. The summed E-state index contributed by atoms with van der Waals surface area (Å²) in [4.78, 5) is 0. The third-order valence-corrected chi connectivity index (χ3v) is 2.94. The van der Waals surface area contributed by atoms with E-state index >= 15 is 0 Å². The third-order valence-electron chi connectivity index (χ3n) is 2.69. The highest BCUT2D eigenvalue weighted by Gasteiger charge is 2.00. The van der Waals surface area contributed by atoms with Gasteiger partial charge in [0.1, 0.15) is 0 Å². The Balaban J connectivity index is 2.53. The molecule has 1 rings (SSSR count). The first-order valence-corrected chi connectivity index (χ1v) is 6.18. The van der Waals surface area contributed by atoms with Gasteiger partial charge in [0.15, 0.2) is 0 Å². The molecule has 1 nitrogen and oxygen atoms in total. The molecular weight excluding hydrogens is 220 g/mol. The maximum Gasteiger partial charge on any atom is 0.0431 e. The van der Waals surface area contributed by atoms with Crippen molar-refractivity contribution in [1.29, 1.82) is 0 Å². The van der Waals surface area contributed by atoms with Crippen LogP contribution in [0.3, 0.4) is 0 Å². The molecule has 0 aromatic heterocycles. The van der Waals surface area contributed by atoms with Crippen LogP contribution in [0.15, 0.2) is 30.3 Å². The first-order valence-electron chi connectivity index (χ1n) is 5.81. The molecule has 0 fully saturated rings. The number of rotatable bonds is 6. The first kappa shape index (κ1) is 13.3. The molecule has 1 atom stereocenters. The summed E-state index contributed by atoms with van der Waals surface area (Å²) >= 11 is 5.82. The minimum absolute atomic E-state index is 0.283. The zero-order valence-electron chi connectivity index (χ0n) is 9.70. The molecule has 0 saturated carbocycles. The van der Waals surface area contributed by atoms with Crippen molar-refractivity contribution in [3.8, 4) is 0 Å². The van der Waals surface area contributed by atoms with Gasteiger partial charge in [-0.1, -0.05) is 42.8 Å². The molecule has 0 amide bonds. The Morgan fingerprint density at radius 3 is 2.56 bits per heavy atom. The number of allylic oxidation sites excluding steroid dienone is 1. The van der Waals surface area contributed by atoms with Gasteiger partial charge in [0.25, 0.3) is 0 Å². The van der Waals surface area contributed by atoms with Gasteiger partial charge in [-0.25, -0.2) is 0 Å². The van der Waals surface area contributed by atoms with Crippen molar-refractivity contribution >= 4 is 17.7 Å². The molecule has 1 N–H and O–H groups in total. The Labute approximate surface area is 103 Å². The summed E-state index contributed by atoms with van der Waals surface area (Å²) in [6, 6.07) is 7.82. The lowest BCUT2D eigenvalue weighted by molar-refractivity contribution is 0.276. The molecule has 0 spiro atoms. The summed E-state index contributed by atoms with van der Waals surface area (Å²) in [5.74, 6) is 0.558. The van der Waals surface area contributed by atoms with Gasteiger partial charge in [-0.2, -0.15) is 0 Å². The number of aliphatic hydroxyl groups is 1.